The molecule has 2 aromatic heterocycles. The molecule has 8 nitrogen and oxygen atoms in total. The fourth-order valence-electron chi connectivity index (χ4n) is 7.29. The molecule has 1 aliphatic heterocycles. The number of cyclic esters (lactones) is 1. The Labute approximate surface area is 297 Å². The molecule has 51 heavy (non-hydrogen) atoms. The highest BCUT2D eigenvalue weighted by atomic mass is 16.6. The van der Waals surface area contributed by atoms with Crippen LogP contribution in [0, 0.1) is 0 Å². The van der Waals surface area contributed by atoms with E-state index >= 15 is 0 Å². The monoisotopic (exact) mass is 670 g/mol. The third-order valence-electron chi connectivity index (χ3n) is 9.69. The molecular weight excluding hydrogens is 633 g/mol. The van der Waals surface area contributed by atoms with E-state index in [1.54, 1.807) is 4.80 Å². The van der Waals surface area contributed by atoms with Crippen LogP contribution in [0.15, 0.2) is 140 Å². The summed E-state index contributed by atoms with van der Waals surface area (Å²) in [5.41, 5.74) is 6.72. The highest BCUT2D eigenvalue weighted by Gasteiger charge is 2.44. The van der Waals surface area contributed by atoms with Gasteiger partial charge in [-0.3, -0.25) is 0 Å². The number of rotatable bonds is 10. The average Bonchev–Trinajstić information content (AvgIpc) is 3.86. The number of aromatic nitrogens is 6. The van der Waals surface area contributed by atoms with Gasteiger partial charge in [-0.05, 0) is 58.9 Å². The van der Waals surface area contributed by atoms with Gasteiger partial charge in [-0.25, -0.2) is 9.78 Å². The molecule has 8 heteroatoms. The average molecular weight is 671 g/mol. The second-order valence-corrected chi connectivity index (χ2v) is 13.4. The van der Waals surface area contributed by atoms with E-state index in [0.717, 1.165) is 63.3 Å². The Morgan fingerprint density at radius 2 is 1.25 bits per heavy atom. The summed E-state index contributed by atoms with van der Waals surface area (Å²) in [4.78, 5) is 19.5. The molecule has 0 unspecified atom stereocenters. The van der Waals surface area contributed by atoms with Gasteiger partial charge in [0.1, 0.15) is 11.5 Å². The largest absolute Gasteiger partial charge is 0.448 e. The standard InChI is InChI=1S/C43H38N6O2/c1-4-16-37-44-39-38(41(50)51-42(39,2)3)48(37)29-30-25-27-31(28-26-30)35-23-14-15-24-36(35)40-45-47-49(46-40)43(32-17-8-5-9-18-32,33-19-10-6-11-20-33)34-21-12-7-13-22-34/h5-15,17-28H,4,16,29H2,1-3H3. The molecule has 0 radical (unpaired) electrons. The van der Waals surface area contributed by atoms with Gasteiger partial charge < -0.3 is 9.30 Å². The van der Waals surface area contributed by atoms with Gasteiger partial charge in [0.2, 0.25) is 5.82 Å². The van der Waals surface area contributed by atoms with Crippen molar-refractivity contribution in [3.8, 4) is 22.5 Å². The van der Waals surface area contributed by atoms with Crippen molar-refractivity contribution in [2.24, 2.45) is 0 Å². The van der Waals surface area contributed by atoms with Crippen LogP contribution in [0.4, 0.5) is 0 Å². The third-order valence-corrected chi connectivity index (χ3v) is 9.69. The predicted octanol–water partition coefficient (Wildman–Crippen LogP) is 8.45. The van der Waals surface area contributed by atoms with Crippen LogP contribution >= 0.6 is 0 Å². The summed E-state index contributed by atoms with van der Waals surface area (Å²) in [5.74, 6) is 1.13. The van der Waals surface area contributed by atoms with Crippen molar-refractivity contribution in [1.29, 1.82) is 0 Å². The van der Waals surface area contributed by atoms with E-state index in [2.05, 4.69) is 73.7 Å². The van der Waals surface area contributed by atoms with Gasteiger partial charge in [0.25, 0.3) is 0 Å². The lowest BCUT2D eigenvalue weighted by atomic mass is 9.77. The number of carbonyl (C=O) groups excluding carboxylic acids is 1. The molecule has 0 spiro atoms. The maximum absolute atomic E-state index is 12.9. The van der Waals surface area contributed by atoms with Gasteiger partial charge in [-0.15, -0.1) is 15.0 Å². The van der Waals surface area contributed by atoms with E-state index in [9.17, 15) is 4.79 Å². The van der Waals surface area contributed by atoms with Crippen molar-refractivity contribution in [2.45, 2.75) is 51.3 Å². The van der Waals surface area contributed by atoms with E-state index in [4.69, 9.17) is 25.1 Å². The fraction of sp³-hybridized carbons (Fsp3) is 0.186. The maximum Gasteiger partial charge on any atom is 0.358 e. The Kier molecular flexibility index (Phi) is 8.15. The van der Waals surface area contributed by atoms with Crippen LogP contribution in [0.1, 0.15) is 71.5 Å². The third kappa shape index (κ3) is 5.53. The normalized spacial score (nSPS) is 13.6. The quantitative estimate of drug-likeness (QED) is 0.107. The Bertz CT molecular complexity index is 2210. The van der Waals surface area contributed by atoms with Gasteiger partial charge in [0.15, 0.2) is 16.8 Å². The Morgan fingerprint density at radius 1 is 0.706 bits per heavy atom. The van der Waals surface area contributed by atoms with Crippen molar-refractivity contribution in [3.63, 3.8) is 0 Å². The van der Waals surface area contributed by atoms with Gasteiger partial charge in [0, 0.05) is 18.5 Å². The number of carbonyl (C=O) groups is 1. The molecule has 0 atom stereocenters. The predicted molar refractivity (Wildman–Crippen MR) is 197 cm³/mol. The second kappa shape index (κ2) is 12.9. The number of fused-ring (bicyclic) bond motifs is 1. The number of tetrazole rings is 1. The van der Waals surface area contributed by atoms with E-state index in [0.29, 0.717) is 18.1 Å². The number of nitrogens with zero attached hydrogens (tertiary/aromatic N) is 6. The van der Waals surface area contributed by atoms with E-state index in [1.807, 2.05) is 91.2 Å². The first-order valence-corrected chi connectivity index (χ1v) is 17.4. The molecule has 0 fully saturated rings. The SMILES string of the molecule is CCCc1nc2c(n1Cc1ccc(-c3ccccc3-c3nnn(C(c4ccccc4)(c4ccccc4)c4ccccc4)n3)cc1)C(=O)OC2(C)C. The molecule has 0 bridgehead atoms. The number of benzene rings is 5. The summed E-state index contributed by atoms with van der Waals surface area (Å²) < 4.78 is 7.69. The van der Waals surface area contributed by atoms with Crippen LogP contribution in [0.3, 0.4) is 0 Å². The molecule has 5 aromatic carbocycles. The Morgan fingerprint density at radius 3 is 1.82 bits per heavy atom. The number of imidazole rings is 1. The number of aryl methyl sites for hydroxylation is 1. The molecule has 0 N–H and O–H groups in total. The van der Waals surface area contributed by atoms with Gasteiger partial charge >= 0.3 is 5.97 Å². The molecule has 0 saturated carbocycles. The van der Waals surface area contributed by atoms with Crippen LogP contribution < -0.4 is 0 Å². The van der Waals surface area contributed by atoms with Crippen molar-refractivity contribution in [1.82, 2.24) is 29.8 Å². The van der Waals surface area contributed by atoms with Crippen LogP contribution in [0.5, 0.6) is 0 Å². The molecule has 3 heterocycles. The second-order valence-electron chi connectivity index (χ2n) is 13.4. The van der Waals surface area contributed by atoms with Crippen molar-refractivity contribution in [2.75, 3.05) is 0 Å². The van der Waals surface area contributed by atoms with E-state index < -0.39 is 11.1 Å². The van der Waals surface area contributed by atoms with Crippen molar-refractivity contribution >= 4 is 5.97 Å². The topological polar surface area (TPSA) is 87.7 Å². The highest BCUT2D eigenvalue weighted by molar-refractivity contribution is 5.92. The highest BCUT2D eigenvalue weighted by Crippen LogP contribution is 2.41. The summed E-state index contributed by atoms with van der Waals surface area (Å²) in [6, 6.07) is 47.6. The molecule has 252 valence electrons. The van der Waals surface area contributed by atoms with Crippen LogP contribution in [-0.4, -0.2) is 35.7 Å². The summed E-state index contributed by atoms with van der Waals surface area (Å²) in [5, 5.41) is 14.6. The number of ether oxygens (including phenoxy) is 1. The summed E-state index contributed by atoms with van der Waals surface area (Å²) >= 11 is 0. The molecule has 0 aliphatic carbocycles. The fourth-order valence-corrected chi connectivity index (χ4v) is 7.29. The first-order chi connectivity index (χ1) is 24.9. The molecule has 1 aliphatic rings. The maximum atomic E-state index is 12.9. The molecular formula is C43H38N6O2. The van der Waals surface area contributed by atoms with Crippen molar-refractivity contribution in [3.05, 3.63) is 179 Å². The minimum atomic E-state index is -0.864. The van der Waals surface area contributed by atoms with Crippen molar-refractivity contribution < 1.29 is 9.53 Å². The minimum absolute atomic E-state index is 0.313. The van der Waals surface area contributed by atoms with E-state index in [-0.39, 0.29) is 5.97 Å². The first kappa shape index (κ1) is 32.1. The van der Waals surface area contributed by atoms with Gasteiger partial charge in [0.05, 0.1) is 0 Å². The van der Waals surface area contributed by atoms with E-state index in [1.165, 1.54) is 0 Å². The Balaban J connectivity index is 1.18. The lowest BCUT2D eigenvalue weighted by Gasteiger charge is -2.34. The lowest BCUT2D eigenvalue weighted by Crippen LogP contribution is -2.39. The van der Waals surface area contributed by atoms with Crippen LogP contribution in [-0.2, 0) is 28.8 Å². The molecule has 0 saturated heterocycles. The summed E-state index contributed by atoms with van der Waals surface area (Å²) in [6.45, 7) is 6.45. The minimum Gasteiger partial charge on any atom is -0.448 e. The molecule has 7 aromatic rings. The summed E-state index contributed by atoms with van der Waals surface area (Å²) in [6.07, 6.45) is 1.72. The van der Waals surface area contributed by atoms with Gasteiger partial charge in [-0.1, -0.05) is 146 Å². The zero-order chi connectivity index (χ0) is 35.0. The van der Waals surface area contributed by atoms with Crippen LogP contribution in [0.25, 0.3) is 22.5 Å². The smallest absolute Gasteiger partial charge is 0.358 e. The zero-order valence-electron chi connectivity index (χ0n) is 28.9. The number of hydrogen-bond acceptors (Lipinski definition) is 6. The first-order valence-electron chi connectivity index (χ1n) is 17.4. The Hall–Kier alpha value is -6.15. The zero-order valence-corrected chi connectivity index (χ0v) is 28.9. The molecule has 0 amide bonds. The number of hydrogen-bond donors (Lipinski definition) is 0. The van der Waals surface area contributed by atoms with Crippen LogP contribution in [0.2, 0.25) is 0 Å². The van der Waals surface area contributed by atoms with Gasteiger partial charge in [-0.2, -0.15) is 0 Å². The number of esters is 1. The molecule has 8 rings (SSSR count). The lowest BCUT2D eigenvalue weighted by molar-refractivity contribution is 0.00734. The summed E-state index contributed by atoms with van der Waals surface area (Å²) in [7, 11) is 0.